The van der Waals surface area contributed by atoms with Gasteiger partial charge in [-0.2, -0.15) is 0 Å². The van der Waals surface area contributed by atoms with Crippen LogP contribution in [0.25, 0.3) is 0 Å². The average Bonchev–Trinajstić information content (AvgIpc) is 2.68. The molecule has 4 nitrogen and oxygen atoms in total. The third-order valence-electron chi connectivity index (χ3n) is 4.03. The molecule has 0 fully saturated rings. The fraction of sp³-hybridized carbons (Fsp3) is 0.136. The zero-order valence-corrected chi connectivity index (χ0v) is 16.9. The summed E-state index contributed by atoms with van der Waals surface area (Å²) < 4.78 is 19.2. The van der Waals surface area contributed by atoms with Crippen LogP contribution in [0, 0.1) is 12.7 Å². The van der Waals surface area contributed by atoms with Gasteiger partial charge in [0.1, 0.15) is 11.6 Å². The molecule has 0 aliphatic rings. The highest BCUT2D eigenvalue weighted by atomic mass is 79.9. The van der Waals surface area contributed by atoms with Gasteiger partial charge in [-0.1, -0.05) is 23.8 Å². The lowest BCUT2D eigenvalue weighted by atomic mass is 10.2. The minimum atomic E-state index is -0.352. The van der Waals surface area contributed by atoms with Crippen molar-refractivity contribution < 1.29 is 13.9 Å². The molecule has 6 heteroatoms. The van der Waals surface area contributed by atoms with E-state index >= 15 is 0 Å². The van der Waals surface area contributed by atoms with Gasteiger partial charge in [-0.3, -0.25) is 4.79 Å². The Balaban J connectivity index is 1.51. The lowest BCUT2D eigenvalue weighted by Gasteiger charge is -2.11. The first-order valence-electron chi connectivity index (χ1n) is 8.77. The van der Waals surface area contributed by atoms with Gasteiger partial charge in [-0.15, -0.1) is 0 Å². The van der Waals surface area contributed by atoms with Gasteiger partial charge < -0.3 is 15.4 Å². The maximum Gasteiger partial charge on any atom is 0.262 e. The van der Waals surface area contributed by atoms with E-state index in [4.69, 9.17) is 4.74 Å². The van der Waals surface area contributed by atoms with Gasteiger partial charge in [-0.05, 0) is 76.9 Å². The molecule has 2 N–H and O–H groups in total. The van der Waals surface area contributed by atoms with Crippen molar-refractivity contribution in [3.8, 4) is 5.75 Å². The van der Waals surface area contributed by atoms with E-state index < -0.39 is 0 Å². The molecule has 144 valence electrons. The number of aryl methyl sites for hydroxylation is 1. The van der Waals surface area contributed by atoms with Crippen LogP contribution in [0.3, 0.4) is 0 Å². The van der Waals surface area contributed by atoms with Crippen molar-refractivity contribution in [2.24, 2.45) is 0 Å². The van der Waals surface area contributed by atoms with Crippen molar-refractivity contribution in [2.75, 3.05) is 17.2 Å². The number of carbonyl (C=O) groups excluding carboxylic acids is 1. The van der Waals surface area contributed by atoms with E-state index in [1.165, 1.54) is 29.8 Å². The number of ether oxygens (including phenoxy) is 1. The Hall–Kier alpha value is -2.86. The second-order valence-electron chi connectivity index (χ2n) is 6.33. The molecule has 0 radical (unpaired) electrons. The van der Waals surface area contributed by atoms with E-state index in [0.717, 1.165) is 15.7 Å². The van der Waals surface area contributed by atoms with E-state index in [9.17, 15) is 9.18 Å². The maximum absolute atomic E-state index is 12.9. The summed E-state index contributed by atoms with van der Waals surface area (Å²) in [6.07, 6.45) is 0. The van der Waals surface area contributed by atoms with Gasteiger partial charge in [0.15, 0.2) is 6.61 Å². The number of rotatable bonds is 7. The topological polar surface area (TPSA) is 50.4 Å². The number of anilines is 2. The highest BCUT2D eigenvalue weighted by Crippen LogP contribution is 2.26. The first-order chi connectivity index (χ1) is 13.5. The molecule has 3 rings (SSSR count). The van der Waals surface area contributed by atoms with Gasteiger partial charge in [0.25, 0.3) is 5.91 Å². The molecule has 3 aromatic carbocycles. The van der Waals surface area contributed by atoms with Gasteiger partial charge in [0.2, 0.25) is 0 Å². The highest BCUT2D eigenvalue weighted by Gasteiger charge is 2.07. The largest absolute Gasteiger partial charge is 0.483 e. The fourth-order valence-corrected chi connectivity index (χ4v) is 3.06. The number of amides is 1. The summed E-state index contributed by atoms with van der Waals surface area (Å²) in [5.74, 6) is -0.0906. The molecule has 0 atom stereocenters. The van der Waals surface area contributed by atoms with Crippen molar-refractivity contribution >= 4 is 33.2 Å². The molecule has 3 aromatic rings. The molecular formula is C22H20BrFN2O2. The molecule has 0 saturated carbocycles. The van der Waals surface area contributed by atoms with Crippen LogP contribution in [0.5, 0.6) is 5.75 Å². The Kier molecular flexibility index (Phi) is 6.66. The van der Waals surface area contributed by atoms with E-state index in [0.29, 0.717) is 18.0 Å². The van der Waals surface area contributed by atoms with E-state index in [1.54, 1.807) is 0 Å². The first kappa shape index (κ1) is 19.9. The lowest BCUT2D eigenvalue weighted by Crippen LogP contribution is -2.20. The number of halogens is 2. The molecule has 28 heavy (non-hydrogen) atoms. The summed E-state index contributed by atoms with van der Waals surface area (Å²) >= 11 is 3.48. The number of benzene rings is 3. The zero-order chi connectivity index (χ0) is 19.9. The second kappa shape index (κ2) is 9.37. The normalized spacial score (nSPS) is 10.4. The Labute approximate surface area is 171 Å². The monoisotopic (exact) mass is 442 g/mol. The number of hydrogen-bond acceptors (Lipinski definition) is 3. The van der Waals surface area contributed by atoms with Crippen LogP contribution in [0.4, 0.5) is 15.8 Å². The summed E-state index contributed by atoms with van der Waals surface area (Å²) in [6, 6.07) is 19.5. The Morgan fingerprint density at radius 2 is 1.68 bits per heavy atom. The Morgan fingerprint density at radius 3 is 2.36 bits per heavy atom. The predicted molar refractivity (Wildman–Crippen MR) is 113 cm³/mol. The molecule has 1 amide bonds. The third kappa shape index (κ3) is 5.82. The summed E-state index contributed by atoms with van der Waals surface area (Å²) in [5.41, 5.74) is 3.87. The van der Waals surface area contributed by atoms with Crippen molar-refractivity contribution in [3.05, 3.63) is 88.1 Å². The number of nitrogens with one attached hydrogen (secondary N) is 2. The predicted octanol–water partition coefficient (Wildman–Crippen LogP) is 5.53. The highest BCUT2D eigenvalue weighted by molar-refractivity contribution is 9.10. The van der Waals surface area contributed by atoms with E-state index in [-0.39, 0.29) is 18.3 Å². The van der Waals surface area contributed by atoms with Crippen LogP contribution >= 0.6 is 15.9 Å². The smallest absolute Gasteiger partial charge is 0.262 e. The van der Waals surface area contributed by atoms with Crippen LogP contribution < -0.4 is 15.4 Å². The third-order valence-corrected chi connectivity index (χ3v) is 4.65. The lowest BCUT2D eigenvalue weighted by molar-refractivity contribution is -0.118. The van der Waals surface area contributed by atoms with Crippen LogP contribution in [-0.2, 0) is 11.3 Å². The molecule has 0 aromatic heterocycles. The molecule has 0 heterocycles. The summed E-state index contributed by atoms with van der Waals surface area (Å²) in [5, 5.41) is 6.02. The van der Waals surface area contributed by atoms with Crippen molar-refractivity contribution in [1.29, 1.82) is 0 Å². The molecule has 0 unspecified atom stereocenters. The maximum atomic E-state index is 12.9. The van der Waals surface area contributed by atoms with E-state index in [1.807, 2.05) is 30.3 Å². The van der Waals surface area contributed by atoms with Gasteiger partial charge in [0.05, 0.1) is 4.47 Å². The second-order valence-corrected chi connectivity index (χ2v) is 7.18. The van der Waals surface area contributed by atoms with Crippen LogP contribution in [-0.4, -0.2) is 12.5 Å². The zero-order valence-electron chi connectivity index (χ0n) is 15.3. The SMILES string of the molecule is Cc1ccc(NCc2ccc(OCC(=O)Nc3ccc(F)cc3)c(Br)c2)cc1. The number of carbonyl (C=O) groups is 1. The van der Waals surface area contributed by atoms with Crippen molar-refractivity contribution in [1.82, 2.24) is 0 Å². The molecule has 0 bridgehead atoms. The Morgan fingerprint density at radius 1 is 1.00 bits per heavy atom. The quantitative estimate of drug-likeness (QED) is 0.505. The van der Waals surface area contributed by atoms with Gasteiger partial charge >= 0.3 is 0 Å². The molecule has 0 saturated heterocycles. The van der Waals surface area contributed by atoms with Gasteiger partial charge in [0, 0.05) is 17.9 Å². The molecular weight excluding hydrogens is 423 g/mol. The average molecular weight is 443 g/mol. The standard InChI is InChI=1S/C22H20BrFN2O2/c1-15-2-7-18(8-3-15)25-13-16-4-11-21(20(23)12-16)28-14-22(27)26-19-9-5-17(24)6-10-19/h2-12,25H,13-14H2,1H3,(H,26,27). The first-order valence-corrected chi connectivity index (χ1v) is 9.56. The van der Waals surface area contributed by atoms with Crippen LogP contribution in [0.1, 0.15) is 11.1 Å². The van der Waals surface area contributed by atoms with Crippen LogP contribution in [0.2, 0.25) is 0 Å². The molecule has 0 aliphatic carbocycles. The summed E-state index contributed by atoms with van der Waals surface area (Å²) in [6.45, 7) is 2.59. The summed E-state index contributed by atoms with van der Waals surface area (Å²) in [7, 11) is 0. The van der Waals surface area contributed by atoms with Crippen LogP contribution in [0.15, 0.2) is 71.2 Å². The number of hydrogen-bond donors (Lipinski definition) is 2. The van der Waals surface area contributed by atoms with Crippen molar-refractivity contribution in [2.45, 2.75) is 13.5 Å². The summed E-state index contributed by atoms with van der Waals surface area (Å²) in [4.78, 5) is 12.0. The minimum Gasteiger partial charge on any atom is -0.483 e. The van der Waals surface area contributed by atoms with Gasteiger partial charge in [-0.25, -0.2) is 4.39 Å². The molecule has 0 spiro atoms. The minimum absolute atomic E-state index is 0.142. The molecule has 0 aliphatic heterocycles. The van der Waals surface area contributed by atoms with Crippen molar-refractivity contribution in [3.63, 3.8) is 0 Å². The fourth-order valence-electron chi connectivity index (χ4n) is 2.52. The Bertz CT molecular complexity index is 944. The van der Waals surface area contributed by atoms with E-state index in [2.05, 4.69) is 45.6 Å².